The smallest absolute Gasteiger partial charge is 0.342 e. The number of hydrogen-bond donors (Lipinski definition) is 1. The van der Waals surface area contributed by atoms with Crippen molar-refractivity contribution in [3.05, 3.63) is 29.8 Å². The number of alkyl halides is 3. The van der Waals surface area contributed by atoms with Crippen molar-refractivity contribution in [3.8, 4) is 0 Å². The van der Waals surface area contributed by atoms with E-state index in [2.05, 4.69) is 12.2 Å². The van der Waals surface area contributed by atoms with Gasteiger partial charge in [-0.15, -0.1) is 0 Å². The number of hydrogen-bond acceptors (Lipinski definition) is 2. The molecule has 1 aliphatic carbocycles. The van der Waals surface area contributed by atoms with Gasteiger partial charge in [0.2, 0.25) is 11.8 Å². The Balaban J connectivity index is 1.54. The minimum Gasteiger partial charge on any atom is -0.342 e. The van der Waals surface area contributed by atoms with Crippen molar-refractivity contribution in [1.29, 1.82) is 0 Å². The molecule has 25 heavy (non-hydrogen) atoms. The summed E-state index contributed by atoms with van der Waals surface area (Å²) in [5, 5.41) is 2.60. The summed E-state index contributed by atoms with van der Waals surface area (Å²) in [5.41, 5.74) is -0.452. The number of anilines is 1. The summed E-state index contributed by atoms with van der Waals surface area (Å²) in [4.78, 5) is 26.5. The van der Waals surface area contributed by atoms with Crippen LogP contribution in [0, 0.1) is 17.8 Å². The van der Waals surface area contributed by atoms with Crippen LogP contribution in [-0.4, -0.2) is 29.8 Å². The van der Waals surface area contributed by atoms with E-state index in [0.717, 1.165) is 38.1 Å². The molecular formula is C18H21F3N2O2. The maximum atomic E-state index is 12.5. The first-order valence-corrected chi connectivity index (χ1v) is 8.52. The van der Waals surface area contributed by atoms with Crippen LogP contribution in [0.1, 0.15) is 31.7 Å². The van der Waals surface area contributed by atoms with Crippen LogP contribution < -0.4 is 5.32 Å². The molecule has 1 aromatic carbocycles. The van der Waals surface area contributed by atoms with Gasteiger partial charge in [0.15, 0.2) is 0 Å². The third-order valence-corrected chi connectivity index (χ3v) is 4.89. The first-order valence-electron chi connectivity index (χ1n) is 8.52. The highest BCUT2D eigenvalue weighted by molar-refractivity contribution is 5.99. The Hall–Kier alpha value is -2.05. The maximum absolute atomic E-state index is 12.5. The Labute approximate surface area is 144 Å². The molecule has 4 nitrogen and oxygen atoms in total. The zero-order chi connectivity index (χ0) is 18.2. The molecule has 1 N–H and O–H groups in total. The molecule has 136 valence electrons. The fourth-order valence-corrected chi connectivity index (χ4v) is 3.36. The number of amides is 2. The Kier molecular flexibility index (Phi) is 4.75. The molecule has 0 spiro atoms. The van der Waals surface area contributed by atoms with Crippen LogP contribution in [0.4, 0.5) is 18.9 Å². The van der Waals surface area contributed by atoms with Gasteiger partial charge in [0, 0.05) is 18.8 Å². The Morgan fingerprint density at radius 1 is 1.16 bits per heavy atom. The highest BCUT2D eigenvalue weighted by Crippen LogP contribution is 2.41. The number of rotatable bonds is 3. The van der Waals surface area contributed by atoms with E-state index >= 15 is 0 Å². The Morgan fingerprint density at radius 3 is 2.44 bits per heavy atom. The van der Waals surface area contributed by atoms with Gasteiger partial charge in [-0.1, -0.05) is 6.92 Å². The summed E-state index contributed by atoms with van der Waals surface area (Å²) in [6.45, 7) is 3.59. The van der Waals surface area contributed by atoms with E-state index in [1.807, 2.05) is 4.90 Å². The number of carbonyl (C=O) groups is 2. The molecule has 0 aromatic heterocycles. The zero-order valence-corrected chi connectivity index (χ0v) is 14.0. The number of benzene rings is 1. The second kappa shape index (κ2) is 6.69. The zero-order valence-electron chi connectivity index (χ0n) is 14.0. The molecular weight excluding hydrogens is 333 g/mol. The number of piperidine rings is 1. The van der Waals surface area contributed by atoms with Crippen molar-refractivity contribution in [1.82, 2.24) is 4.90 Å². The van der Waals surface area contributed by atoms with Crippen LogP contribution in [0.25, 0.3) is 0 Å². The van der Waals surface area contributed by atoms with Crippen molar-refractivity contribution in [3.63, 3.8) is 0 Å². The van der Waals surface area contributed by atoms with Gasteiger partial charge in [-0.3, -0.25) is 9.59 Å². The summed E-state index contributed by atoms with van der Waals surface area (Å²) in [5.74, 6) is -0.468. The van der Waals surface area contributed by atoms with Crippen molar-refractivity contribution in [2.45, 2.75) is 32.4 Å². The van der Waals surface area contributed by atoms with Gasteiger partial charge in [0.1, 0.15) is 0 Å². The summed E-state index contributed by atoms with van der Waals surface area (Å²) in [6, 6.07) is 4.32. The van der Waals surface area contributed by atoms with E-state index in [1.54, 1.807) is 0 Å². The quantitative estimate of drug-likeness (QED) is 0.903. The van der Waals surface area contributed by atoms with Crippen LogP contribution in [0.3, 0.4) is 0 Å². The highest BCUT2D eigenvalue weighted by atomic mass is 19.4. The number of likely N-dealkylation sites (tertiary alicyclic amines) is 1. The van der Waals surface area contributed by atoms with Gasteiger partial charge in [0.25, 0.3) is 0 Å². The van der Waals surface area contributed by atoms with Gasteiger partial charge in [-0.25, -0.2) is 0 Å². The fraction of sp³-hybridized carbons (Fsp3) is 0.556. The van der Waals surface area contributed by atoms with Crippen LogP contribution in [0.2, 0.25) is 0 Å². The minimum absolute atomic E-state index is 0.0270. The SMILES string of the molecule is CC1CCCN(C(=O)C2CC2C(=O)Nc2ccc(C(F)(F)F)cc2)C1. The van der Waals surface area contributed by atoms with Gasteiger partial charge >= 0.3 is 6.18 Å². The lowest BCUT2D eigenvalue weighted by Crippen LogP contribution is -2.40. The number of nitrogens with zero attached hydrogens (tertiary/aromatic N) is 1. The lowest BCUT2D eigenvalue weighted by Gasteiger charge is -2.31. The van der Waals surface area contributed by atoms with Gasteiger partial charge in [0.05, 0.1) is 17.4 Å². The molecule has 2 aliphatic rings. The summed E-state index contributed by atoms with van der Waals surface area (Å²) >= 11 is 0. The van der Waals surface area contributed by atoms with E-state index in [9.17, 15) is 22.8 Å². The van der Waals surface area contributed by atoms with Crippen LogP contribution in [-0.2, 0) is 15.8 Å². The lowest BCUT2D eigenvalue weighted by molar-refractivity contribution is -0.137. The first-order chi connectivity index (χ1) is 11.8. The molecule has 0 radical (unpaired) electrons. The second-order valence-electron chi connectivity index (χ2n) is 7.04. The first kappa shape index (κ1) is 17.8. The largest absolute Gasteiger partial charge is 0.416 e. The third-order valence-electron chi connectivity index (χ3n) is 4.89. The molecule has 1 heterocycles. The molecule has 1 aliphatic heterocycles. The van der Waals surface area contributed by atoms with Crippen molar-refractivity contribution in [2.75, 3.05) is 18.4 Å². The number of carbonyl (C=O) groups excluding carboxylic acids is 2. The van der Waals surface area contributed by atoms with Crippen LogP contribution in [0.15, 0.2) is 24.3 Å². The molecule has 1 saturated heterocycles. The monoisotopic (exact) mass is 354 g/mol. The summed E-state index contributed by atoms with van der Waals surface area (Å²) in [6.07, 6.45) is -1.79. The molecule has 1 aromatic rings. The third kappa shape index (κ3) is 4.14. The van der Waals surface area contributed by atoms with E-state index in [0.29, 0.717) is 18.0 Å². The van der Waals surface area contributed by atoms with E-state index in [4.69, 9.17) is 0 Å². The van der Waals surface area contributed by atoms with Crippen molar-refractivity contribution >= 4 is 17.5 Å². The average Bonchev–Trinajstić information content (AvgIpc) is 3.34. The molecule has 2 fully saturated rings. The molecule has 3 rings (SSSR count). The lowest BCUT2D eigenvalue weighted by atomic mass is 10.00. The van der Waals surface area contributed by atoms with Crippen LogP contribution in [0.5, 0.6) is 0 Å². The van der Waals surface area contributed by atoms with E-state index < -0.39 is 11.7 Å². The predicted octanol–water partition coefficient (Wildman–Crippen LogP) is 3.54. The second-order valence-corrected chi connectivity index (χ2v) is 7.04. The predicted molar refractivity (Wildman–Crippen MR) is 86.6 cm³/mol. The number of nitrogens with one attached hydrogen (secondary N) is 1. The van der Waals surface area contributed by atoms with Crippen molar-refractivity contribution in [2.24, 2.45) is 17.8 Å². The highest BCUT2D eigenvalue weighted by Gasteiger charge is 2.49. The van der Waals surface area contributed by atoms with E-state index in [1.165, 1.54) is 12.1 Å². The molecule has 7 heteroatoms. The minimum atomic E-state index is -4.40. The average molecular weight is 354 g/mol. The van der Waals surface area contributed by atoms with Gasteiger partial charge in [-0.2, -0.15) is 13.2 Å². The molecule has 2 amide bonds. The summed E-state index contributed by atoms with van der Waals surface area (Å²) < 4.78 is 37.6. The molecule has 1 saturated carbocycles. The van der Waals surface area contributed by atoms with Crippen molar-refractivity contribution < 1.29 is 22.8 Å². The Morgan fingerprint density at radius 2 is 1.84 bits per heavy atom. The standard InChI is InChI=1S/C18H21F3N2O2/c1-11-3-2-8-23(10-11)17(25)15-9-14(15)16(24)22-13-6-4-12(5-7-13)18(19,20)21/h4-7,11,14-15H,2-3,8-10H2,1H3,(H,22,24). The normalized spacial score (nSPS) is 26.2. The van der Waals surface area contributed by atoms with Gasteiger partial charge in [-0.05, 0) is 49.4 Å². The number of halogens is 3. The molecule has 3 atom stereocenters. The maximum Gasteiger partial charge on any atom is 0.416 e. The van der Waals surface area contributed by atoms with Gasteiger partial charge < -0.3 is 10.2 Å². The van der Waals surface area contributed by atoms with E-state index in [-0.39, 0.29) is 23.7 Å². The molecule has 3 unspecified atom stereocenters. The Bertz CT molecular complexity index is 657. The summed E-state index contributed by atoms with van der Waals surface area (Å²) in [7, 11) is 0. The molecule has 0 bridgehead atoms. The fourth-order valence-electron chi connectivity index (χ4n) is 3.36. The van der Waals surface area contributed by atoms with Crippen LogP contribution >= 0.6 is 0 Å². The topological polar surface area (TPSA) is 49.4 Å².